The molecule has 5 nitrogen and oxygen atoms in total. The van der Waals surface area contributed by atoms with Crippen LogP contribution in [0.2, 0.25) is 0 Å². The molecule has 2 rings (SSSR count). The highest BCUT2D eigenvalue weighted by Gasteiger charge is 2.33. The van der Waals surface area contributed by atoms with Gasteiger partial charge in [0.25, 0.3) is 0 Å². The van der Waals surface area contributed by atoms with Crippen molar-refractivity contribution >= 4 is 35.8 Å². The third kappa shape index (κ3) is 5.93. The van der Waals surface area contributed by atoms with Gasteiger partial charge in [-0.2, -0.15) is 0 Å². The van der Waals surface area contributed by atoms with Crippen LogP contribution in [0.1, 0.15) is 52.4 Å². The van der Waals surface area contributed by atoms with E-state index in [0.717, 1.165) is 17.8 Å². The van der Waals surface area contributed by atoms with Gasteiger partial charge in [-0.1, -0.05) is 19.3 Å². The van der Waals surface area contributed by atoms with Crippen molar-refractivity contribution in [2.24, 2.45) is 16.8 Å². The molecule has 0 aromatic heterocycles. The number of carbonyl (C=O) groups excluding carboxylic acids is 1. The molecule has 2 aliphatic rings. The van der Waals surface area contributed by atoms with E-state index in [1.165, 1.54) is 38.5 Å². The van der Waals surface area contributed by atoms with E-state index in [1.54, 1.807) is 7.05 Å². The van der Waals surface area contributed by atoms with Crippen LogP contribution in [0.15, 0.2) is 4.99 Å². The van der Waals surface area contributed by atoms with Crippen molar-refractivity contribution in [2.75, 3.05) is 13.6 Å². The maximum atomic E-state index is 11.7. The Morgan fingerprint density at radius 3 is 2.59 bits per heavy atom. The quantitative estimate of drug-likeness (QED) is 0.370. The first kappa shape index (κ1) is 19.5. The maximum Gasteiger partial charge on any atom is 0.239 e. The minimum Gasteiger partial charge on any atom is -0.354 e. The summed E-state index contributed by atoms with van der Waals surface area (Å²) in [5.74, 6) is 2.62. The number of guanidine groups is 1. The number of nitrogens with zero attached hydrogens (tertiary/aromatic N) is 1. The van der Waals surface area contributed by atoms with Crippen LogP contribution in [0.3, 0.4) is 0 Å². The lowest BCUT2D eigenvalue weighted by Gasteiger charge is -2.33. The Balaban J connectivity index is 0.00000242. The van der Waals surface area contributed by atoms with Crippen molar-refractivity contribution in [1.82, 2.24) is 16.0 Å². The van der Waals surface area contributed by atoms with Crippen LogP contribution in [0.4, 0.5) is 0 Å². The number of rotatable bonds is 4. The molecular weight excluding hydrogens is 391 g/mol. The topological polar surface area (TPSA) is 65.5 Å². The first-order valence-corrected chi connectivity index (χ1v) is 8.35. The summed E-state index contributed by atoms with van der Waals surface area (Å²) in [6, 6.07) is 0.677. The van der Waals surface area contributed by atoms with E-state index in [-0.39, 0.29) is 42.5 Å². The van der Waals surface area contributed by atoms with Gasteiger partial charge in [-0.25, -0.2) is 0 Å². The molecule has 0 aromatic carbocycles. The fraction of sp³-hybridized carbons (Fsp3) is 0.875. The highest BCUT2D eigenvalue weighted by atomic mass is 127. The van der Waals surface area contributed by atoms with Gasteiger partial charge < -0.3 is 16.0 Å². The summed E-state index contributed by atoms with van der Waals surface area (Å²) in [7, 11) is 1.76. The van der Waals surface area contributed by atoms with Crippen LogP contribution < -0.4 is 16.0 Å². The molecule has 0 bridgehead atoms. The lowest BCUT2D eigenvalue weighted by atomic mass is 9.79. The average Bonchev–Trinajstić information content (AvgIpc) is 2.90. The summed E-state index contributed by atoms with van der Waals surface area (Å²) in [5.41, 5.74) is 0. The van der Waals surface area contributed by atoms with Gasteiger partial charge in [-0.05, 0) is 44.9 Å². The highest BCUT2D eigenvalue weighted by molar-refractivity contribution is 14.0. The van der Waals surface area contributed by atoms with E-state index in [1.807, 2.05) is 13.8 Å². The summed E-state index contributed by atoms with van der Waals surface area (Å²) < 4.78 is 0. The monoisotopic (exact) mass is 422 g/mol. The first-order valence-electron chi connectivity index (χ1n) is 8.35. The number of nitrogens with one attached hydrogen (secondary N) is 3. The molecule has 0 radical (unpaired) electrons. The maximum absolute atomic E-state index is 11.7. The second kappa shape index (κ2) is 9.57. The molecule has 6 heteroatoms. The molecule has 0 aromatic rings. The molecule has 1 amide bonds. The highest BCUT2D eigenvalue weighted by Crippen LogP contribution is 2.41. The summed E-state index contributed by atoms with van der Waals surface area (Å²) in [6.45, 7) is 4.20. The smallest absolute Gasteiger partial charge is 0.239 e. The summed E-state index contributed by atoms with van der Waals surface area (Å²) in [4.78, 5) is 15.9. The van der Waals surface area contributed by atoms with Gasteiger partial charge in [-0.15, -0.1) is 24.0 Å². The number of amides is 1. The zero-order valence-electron chi connectivity index (χ0n) is 14.0. The molecule has 3 unspecified atom stereocenters. The number of hydrogen-bond donors (Lipinski definition) is 3. The third-order valence-corrected chi connectivity index (χ3v) is 4.72. The Morgan fingerprint density at radius 2 is 1.91 bits per heavy atom. The predicted molar refractivity (Wildman–Crippen MR) is 102 cm³/mol. The van der Waals surface area contributed by atoms with Gasteiger partial charge in [0, 0.05) is 19.1 Å². The van der Waals surface area contributed by atoms with Crippen molar-refractivity contribution in [3.8, 4) is 0 Å². The summed E-state index contributed by atoms with van der Waals surface area (Å²) in [5, 5.41) is 9.47. The van der Waals surface area contributed by atoms with Crippen LogP contribution in [0, 0.1) is 11.8 Å². The zero-order valence-corrected chi connectivity index (χ0v) is 16.4. The Labute approximate surface area is 151 Å². The van der Waals surface area contributed by atoms with Gasteiger partial charge in [-0.3, -0.25) is 9.79 Å². The van der Waals surface area contributed by atoms with Gasteiger partial charge in [0.1, 0.15) is 0 Å². The molecule has 0 heterocycles. The number of halogens is 1. The van der Waals surface area contributed by atoms with Crippen molar-refractivity contribution < 1.29 is 4.79 Å². The summed E-state index contributed by atoms with van der Waals surface area (Å²) in [6.07, 6.45) is 8.05. The summed E-state index contributed by atoms with van der Waals surface area (Å²) >= 11 is 0. The molecular formula is C16H31IN4O. The number of aliphatic imine (C=N–C) groups is 1. The van der Waals surface area contributed by atoms with Crippen LogP contribution in [0.25, 0.3) is 0 Å². The van der Waals surface area contributed by atoms with Crippen LogP contribution in [-0.4, -0.2) is 37.5 Å². The lowest BCUT2D eigenvalue weighted by molar-refractivity contribution is -0.120. The van der Waals surface area contributed by atoms with E-state index in [4.69, 9.17) is 0 Å². The number of fused-ring (bicyclic) bond motifs is 1. The predicted octanol–water partition coefficient (Wildman–Crippen LogP) is 2.26. The largest absolute Gasteiger partial charge is 0.354 e. The second-order valence-corrected chi connectivity index (χ2v) is 6.75. The van der Waals surface area contributed by atoms with Crippen LogP contribution in [0.5, 0.6) is 0 Å². The Bertz CT molecular complexity index is 386. The third-order valence-electron chi connectivity index (χ3n) is 4.72. The fourth-order valence-corrected chi connectivity index (χ4v) is 3.76. The van der Waals surface area contributed by atoms with Gasteiger partial charge in [0.2, 0.25) is 5.91 Å². The van der Waals surface area contributed by atoms with E-state index >= 15 is 0 Å². The molecule has 3 N–H and O–H groups in total. The van der Waals surface area contributed by atoms with E-state index in [2.05, 4.69) is 20.9 Å². The molecule has 22 heavy (non-hydrogen) atoms. The van der Waals surface area contributed by atoms with Crippen LogP contribution >= 0.6 is 24.0 Å². The van der Waals surface area contributed by atoms with E-state index in [0.29, 0.717) is 6.04 Å². The molecule has 0 saturated heterocycles. The normalized spacial score (nSPS) is 27.8. The van der Waals surface area contributed by atoms with Gasteiger partial charge >= 0.3 is 0 Å². The molecule has 2 aliphatic carbocycles. The standard InChI is InChI=1S/C16H30N4O.HI/c1-11(2)19-15(21)10-18-16(17-3)20-14-8-7-12-5-4-6-13(12)9-14;/h11-14H,4-10H2,1-3H3,(H,19,21)(H2,17,18,20);1H. The van der Waals surface area contributed by atoms with E-state index < -0.39 is 0 Å². The lowest BCUT2D eigenvalue weighted by Crippen LogP contribution is -2.49. The molecule has 2 saturated carbocycles. The Kier molecular flexibility index (Phi) is 8.49. The molecule has 2 fully saturated rings. The number of hydrogen-bond acceptors (Lipinski definition) is 2. The zero-order chi connectivity index (χ0) is 15.2. The van der Waals surface area contributed by atoms with Gasteiger partial charge in [0.15, 0.2) is 5.96 Å². The SMILES string of the molecule is CN=C(NCC(=O)NC(C)C)NC1CCC2CCCC2C1.I. The van der Waals surface area contributed by atoms with Gasteiger partial charge in [0.05, 0.1) is 6.54 Å². The van der Waals surface area contributed by atoms with Crippen molar-refractivity contribution in [3.05, 3.63) is 0 Å². The van der Waals surface area contributed by atoms with Crippen molar-refractivity contribution in [1.29, 1.82) is 0 Å². The average molecular weight is 422 g/mol. The number of carbonyl (C=O) groups is 1. The molecule has 0 spiro atoms. The first-order chi connectivity index (χ1) is 10.1. The fourth-order valence-electron chi connectivity index (χ4n) is 3.76. The minimum atomic E-state index is 0. The molecule has 0 aliphatic heterocycles. The van der Waals surface area contributed by atoms with E-state index in [9.17, 15) is 4.79 Å². The molecule has 128 valence electrons. The Hall–Kier alpha value is -0.530. The van der Waals surface area contributed by atoms with Crippen LogP contribution in [-0.2, 0) is 4.79 Å². The van der Waals surface area contributed by atoms with Crippen molar-refractivity contribution in [3.63, 3.8) is 0 Å². The Morgan fingerprint density at radius 1 is 1.18 bits per heavy atom. The second-order valence-electron chi connectivity index (χ2n) is 6.75. The molecule has 3 atom stereocenters. The van der Waals surface area contributed by atoms with Crippen molar-refractivity contribution in [2.45, 2.75) is 64.5 Å². The minimum absolute atomic E-state index is 0.